The summed E-state index contributed by atoms with van der Waals surface area (Å²) >= 11 is 0. The molecule has 2 rings (SSSR count). The van der Waals surface area contributed by atoms with Crippen molar-refractivity contribution in [2.45, 2.75) is 0 Å². The van der Waals surface area contributed by atoms with Crippen LogP contribution in [-0.4, -0.2) is 34.0 Å². The molecule has 10 heteroatoms. The van der Waals surface area contributed by atoms with Gasteiger partial charge in [0.05, 0.1) is 28.6 Å². The summed E-state index contributed by atoms with van der Waals surface area (Å²) in [6.45, 7) is 0. The van der Waals surface area contributed by atoms with Crippen LogP contribution in [0.1, 0.15) is 20.7 Å². The molecule has 0 aliphatic carbocycles. The second-order valence-electron chi connectivity index (χ2n) is 4.38. The van der Waals surface area contributed by atoms with Crippen molar-refractivity contribution in [1.29, 1.82) is 0 Å². The van der Waals surface area contributed by atoms with Crippen LogP contribution in [0.3, 0.4) is 0 Å². The Balaban J connectivity index is 0.000000271. The third-order valence-electron chi connectivity index (χ3n) is 2.81. The van der Waals surface area contributed by atoms with Gasteiger partial charge in [0.15, 0.2) is 0 Å². The van der Waals surface area contributed by atoms with Gasteiger partial charge in [0.1, 0.15) is 5.56 Å². The maximum atomic E-state index is 10.8. The van der Waals surface area contributed by atoms with E-state index in [0.717, 1.165) is 12.1 Å². The van der Waals surface area contributed by atoms with Crippen molar-refractivity contribution in [1.82, 2.24) is 0 Å². The number of carbonyl (C=O) groups is 2. The molecule has 0 amide bonds. The number of nitro benzene ring substituents is 2. The highest BCUT2D eigenvalue weighted by atomic mass is 16.6. The number of methoxy groups -OCH3 is 1. The van der Waals surface area contributed by atoms with Gasteiger partial charge in [0.25, 0.3) is 11.4 Å². The fraction of sp³-hybridized carbons (Fsp3) is 0.0667. The fourth-order valence-electron chi connectivity index (χ4n) is 1.66. The highest BCUT2D eigenvalue weighted by Gasteiger charge is 2.23. The van der Waals surface area contributed by atoms with Crippen LogP contribution >= 0.6 is 0 Å². The average Bonchev–Trinajstić information content (AvgIpc) is 2.61. The second-order valence-corrected chi connectivity index (χ2v) is 4.38. The molecule has 0 saturated heterocycles. The van der Waals surface area contributed by atoms with Gasteiger partial charge in [0.2, 0.25) is 0 Å². The number of hydrogen-bond acceptors (Lipinski definition) is 7. The molecule has 0 spiro atoms. The van der Waals surface area contributed by atoms with Gasteiger partial charge in [-0.3, -0.25) is 20.2 Å². The molecular formula is C15H12N2O8. The normalized spacial score (nSPS) is 9.32. The Morgan fingerprint density at radius 2 is 1.60 bits per heavy atom. The maximum Gasteiger partial charge on any atom is 0.342 e. The van der Waals surface area contributed by atoms with Crippen LogP contribution in [0.2, 0.25) is 0 Å². The van der Waals surface area contributed by atoms with Crippen LogP contribution in [0.4, 0.5) is 11.4 Å². The van der Waals surface area contributed by atoms with Crippen LogP contribution in [0.5, 0.6) is 0 Å². The van der Waals surface area contributed by atoms with E-state index in [1.54, 1.807) is 24.3 Å². The Kier molecular flexibility index (Phi) is 6.71. The number of nitro groups is 2. The monoisotopic (exact) mass is 348 g/mol. The number of benzene rings is 2. The Bertz CT molecular complexity index is 804. The van der Waals surface area contributed by atoms with Gasteiger partial charge in [-0.15, -0.1) is 0 Å². The van der Waals surface area contributed by atoms with Crippen molar-refractivity contribution in [2.24, 2.45) is 0 Å². The molecule has 0 aromatic heterocycles. The van der Waals surface area contributed by atoms with Crippen molar-refractivity contribution < 1.29 is 29.3 Å². The number of non-ortho nitro benzene ring substituents is 1. The van der Waals surface area contributed by atoms with E-state index in [-0.39, 0.29) is 5.97 Å². The molecule has 0 saturated carbocycles. The summed E-state index contributed by atoms with van der Waals surface area (Å²) in [6.07, 6.45) is 0. The second kappa shape index (κ2) is 8.72. The van der Waals surface area contributed by atoms with Gasteiger partial charge >= 0.3 is 11.9 Å². The van der Waals surface area contributed by atoms with E-state index in [2.05, 4.69) is 4.74 Å². The minimum atomic E-state index is -1.50. The summed E-state index contributed by atoms with van der Waals surface area (Å²) in [5.41, 5.74) is -1.31. The molecule has 1 N–H and O–H groups in total. The van der Waals surface area contributed by atoms with Crippen molar-refractivity contribution >= 4 is 23.3 Å². The van der Waals surface area contributed by atoms with E-state index in [1.165, 1.54) is 7.11 Å². The van der Waals surface area contributed by atoms with E-state index in [1.807, 2.05) is 6.07 Å². The number of carboxylic acid groups (broad SMARTS) is 1. The molecular weight excluding hydrogens is 336 g/mol. The van der Waals surface area contributed by atoms with Gasteiger partial charge in [0, 0.05) is 6.07 Å². The topological polar surface area (TPSA) is 150 Å². The van der Waals surface area contributed by atoms with Crippen LogP contribution in [0.15, 0.2) is 48.5 Å². The smallest absolute Gasteiger partial charge is 0.342 e. The number of esters is 1. The number of aromatic carboxylic acids is 1. The van der Waals surface area contributed by atoms with Crippen molar-refractivity contribution in [3.8, 4) is 0 Å². The zero-order valence-electron chi connectivity index (χ0n) is 12.8. The predicted molar refractivity (Wildman–Crippen MR) is 84.5 cm³/mol. The summed E-state index contributed by atoms with van der Waals surface area (Å²) in [6, 6.07) is 11.2. The summed E-state index contributed by atoms with van der Waals surface area (Å²) in [5.74, 6) is -1.79. The summed E-state index contributed by atoms with van der Waals surface area (Å²) < 4.78 is 4.50. The maximum absolute atomic E-state index is 10.8. The molecule has 0 bridgehead atoms. The molecule has 10 nitrogen and oxygen atoms in total. The summed E-state index contributed by atoms with van der Waals surface area (Å²) in [4.78, 5) is 40.2. The summed E-state index contributed by atoms with van der Waals surface area (Å²) in [5, 5.41) is 29.3. The molecule has 0 atom stereocenters. The van der Waals surface area contributed by atoms with E-state index >= 15 is 0 Å². The van der Waals surface area contributed by atoms with Gasteiger partial charge in [-0.25, -0.2) is 9.59 Å². The Labute approximate surface area is 140 Å². The number of carbonyl (C=O) groups excluding carboxylic acids is 1. The third kappa shape index (κ3) is 5.39. The number of rotatable bonds is 4. The van der Waals surface area contributed by atoms with Crippen LogP contribution < -0.4 is 0 Å². The predicted octanol–water partition coefficient (Wildman–Crippen LogP) is 2.67. The Hall–Kier alpha value is -3.82. The van der Waals surface area contributed by atoms with Crippen molar-refractivity contribution in [3.63, 3.8) is 0 Å². The highest BCUT2D eigenvalue weighted by molar-refractivity contribution is 5.92. The SMILES string of the molecule is COC(=O)c1ccccc1.O=C(O)c1ccc([N+](=O)[O-])cc1[N+](=O)[O-]. The molecule has 0 heterocycles. The number of carboxylic acids is 1. The molecule has 2 aromatic carbocycles. The van der Waals surface area contributed by atoms with Crippen molar-refractivity contribution in [2.75, 3.05) is 7.11 Å². The van der Waals surface area contributed by atoms with Gasteiger partial charge in [-0.2, -0.15) is 0 Å². The minimum Gasteiger partial charge on any atom is -0.477 e. The molecule has 0 fully saturated rings. The van der Waals surface area contributed by atoms with Gasteiger partial charge < -0.3 is 9.84 Å². The van der Waals surface area contributed by atoms with Crippen molar-refractivity contribution in [3.05, 3.63) is 79.9 Å². The van der Waals surface area contributed by atoms with E-state index < -0.39 is 32.8 Å². The Morgan fingerprint density at radius 1 is 1.00 bits per heavy atom. The fourth-order valence-corrected chi connectivity index (χ4v) is 1.66. The molecule has 0 aliphatic heterocycles. The van der Waals surface area contributed by atoms with Gasteiger partial charge in [-0.1, -0.05) is 18.2 Å². The number of ether oxygens (including phenoxy) is 1. The van der Waals surface area contributed by atoms with Gasteiger partial charge in [-0.05, 0) is 18.2 Å². The van der Waals surface area contributed by atoms with E-state index in [4.69, 9.17) is 5.11 Å². The van der Waals surface area contributed by atoms with Crippen LogP contribution in [-0.2, 0) is 4.74 Å². The molecule has 0 radical (unpaired) electrons. The lowest BCUT2D eigenvalue weighted by atomic mass is 10.1. The highest BCUT2D eigenvalue weighted by Crippen LogP contribution is 2.24. The zero-order chi connectivity index (χ0) is 19.0. The zero-order valence-corrected chi connectivity index (χ0v) is 12.8. The molecule has 0 aliphatic rings. The first-order valence-corrected chi connectivity index (χ1v) is 6.57. The minimum absolute atomic E-state index is 0.291. The molecule has 25 heavy (non-hydrogen) atoms. The first-order valence-electron chi connectivity index (χ1n) is 6.57. The Morgan fingerprint density at radius 3 is 2.04 bits per heavy atom. The van der Waals surface area contributed by atoms with Crippen LogP contribution in [0.25, 0.3) is 0 Å². The molecule has 0 unspecified atom stereocenters. The van der Waals surface area contributed by atoms with Crippen LogP contribution in [0, 0.1) is 20.2 Å². The number of hydrogen-bond donors (Lipinski definition) is 1. The lowest BCUT2D eigenvalue weighted by molar-refractivity contribution is -0.394. The lowest BCUT2D eigenvalue weighted by Crippen LogP contribution is -2.03. The first-order chi connectivity index (χ1) is 11.8. The summed E-state index contributed by atoms with van der Waals surface area (Å²) in [7, 11) is 1.37. The first kappa shape index (κ1) is 19.2. The quantitative estimate of drug-likeness (QED) is 0.503. The lowest BCUT2D eigenvalue weighted by Gasteiger charge is -1.97. The number of nitrogens with zero attached hydrogens (tertiary/aromatic N) is 2. The largest absolute Gasteiger partial charge is 0.477 e. The molecule has 130 valence electrons. The van der Waals surface area contributed by atoms with E-state index in [0.29, 0.717) is 11.6 Å². The average molecular weight is 348 g/mol. The molecule has 2 aromatic rings. The third-order valence-corrected chi connectivity index (χ3v) is 2.81. The standard InChI is InChI=1S/C8H8O2.C7H4N2O6/c1-10-8(9)7-5-3-2-4-6-7;10-7(11)5-2-1-4(8(12)13)3-6(5)9(14)15/h2-6H,1H3;1-3H,(H,10,11). The van der Waals surface area contributed by atoms with E-state index in [9.17, 15) is 29.8 Å².